The Morgan fingerprint density at radius 2 is 2.06 bits per heavy atom. The molecule has 0 bridgehead atoms. The molecule has 0 saturated heterocycles. The lowest BCUT2D eigenvalue weighted by Gasteiger charge is -2.09. The van der Waals surface area contributed by atoms with Crippen molar-refractivity contribution in [1.29, 1.82) is 0 Å². The monoisotopic (exact) mass is 247 g/mol. The molecule has 2 rings (SSSR count). The van der Waals surface area contributed by atoms with Gasteiger partial charge < -0.3 is 9.88 Å². The fraction of sp³-hybridized carbons (Fsp3) is 0.357. The molecular weight excluding hydrogens is 229 g/mol. The highest BCUT2D eigenvalue weighted by Crippen LogP contribution is 2.09. The summed E-state index contributed by atoms with van der Waals surface area (Å²) >= 11 is 0. The number of hydrogen-bond donors (Lipinski definition) is 1. The minimum Gasteiger partial charge on any atom is -0.352 e. The Balaban J connectivity index is 1.93. The van der Waals surface area contributed by atoms with Crippen molar-refractivity contribution in [2.75, 3.05) is 5.32 Å². The van der Waals surface area contributed by atoms with E-state index < -0.39 is 0 Å². The maximum Gasteiger partial charge on any atom is 0.203 e. The first-order valence-corrected chi connectivity index (χ1v) is 6.29. The van der Waals surface area contributed by atoms with Gasteiger partial charge in [-0.2, -0.15) is 0 Å². The van der Waals surface area contributed by atoms with E-state index in [1.807, 2.05) is 6.20 Å². The van der Waals surface area contributed by atoms with Crippen molar-refractivity contribution in [3.63, 3.8) is 0 Å². The topological polar surface area (TPSA) is 29.9 Å². The Hall–Kier alpha value is -1.84. The van der Waals surface area contributed by atoms with Crippen LogP contribution in [0.4, 0.5) is 10.3 Å². The van der Waals surface area contributed by atoms with Crippen molar-refractivity contribution in [3.05, 3.63) is 48.0 Å². The molecule has 0 fully saturated rings. The van der Waals surface area contributed by atoms with Gasteiger partial charge in [-0.1, -0.05) is 25.5 Å². The molecule has 1 heterocycles. The highest BCUT2D eigenvalue weighted by Gasteiger charge is 2.01. The second kappa shape index (κ2) is 6.19. The van der Waals surface area contributed by atoms with E-state index in [0.29, 0.717) is 6.54 Å². The molecule has 0 unspecified atom stereocenters. The molecule has 2 aromatic rings. The van der Waals surface area contributed by atoms with Crippen molar-refractivity contribution < 1.29 is 4.39 Å². The van der Waals surface area contributed by atoms with Crippen molar-refractivity contribution in [1.82, 2.24) is 9.55 Å². The molecule has 96 valence electrons. The molecule has 0 aliphatic rings. The third-order valence-corrected chi connectivity index (χ3v) is 2.83. The van der Waals surface area contributed by atoms with Crippen LogP contribution >= 0.6 is 0 Å². The van der Waals surface area contributed by atoms with Gasteiger partial charge in [0.15, 0.2) is 0 Å². The highest BCUT2D eigenvalue weighted by molar-refractivity contribution is 5.29. The lowest BCUT2D eigenvalue weighted by molar-refractivity contribution is 0.626. The van der Waals surface area contributed by atoms with E-state index in [-0.39, 0.29) is 5.82 Å². The van der Waals surface area contributed by atoms with E-state index in [9.17, 15) is 4.39 Å². The largest absolute Gasteiger partial charge is 0.352 e. The lowest BCUT2D eigenvalue weighted by atomic mass is 10.2. The molecular formula is C14H18FN3. The number of anilines is 1. The Morgan fingerprint density at radius 1 is 1.28 bits per heavy atom. The second-order valence-corrected chi connectivity index (χ2v) is 4.28. The van der Waals surface area contributed by atoms with E-state index >= 15 is 0 Å². The smallest absolute Gasteiger partial charge is 0.203 e. The maximum absolute atomic E-state index is 12.8. The van der Waals surface area contributed by atoms with Crippen molar-refractivity contribution in [3.8, 4) is 0 Å². The zero-order valence-electron chi connectivity index (χ0n) is 10.6. The van der Waals surface area contributed by atoms with Crippen LogP contribution in [-0.2, 0) is 13.1 Å². The molecule has 0 saturated carbocycles. The number of hydrogen-bond acceptors (Lipinski definition) is 2. The van der Waals surface area contributed by atoms with Gasteiger partial charge in [-0.25, -0.2) is 9.37 Å². The van der Waals surface area contributed by atoms with Crippen LogP contribution in [0, 0.1) is 5.82 Å². The van der Waals surface area contributed by atoms with E-state index in [4.69, 9.17) is 0 Å². The van der Waals surface area contributed by atoms with Gasteiger partial charge in [0.25, 0.3) is 0 Å². The van der Waals surface area contributed by atoms with Crippen molar-refractivity contribution >= 4 is 5.95 Å². The standard InChI is InChI=1S/C14H18FN3/c1-2-3-9-18-10-8-16-14(18)17-11-12-4-6-13(15)7-5-12/h4-8,10H,2-3,9,11H2,1H3,(H,16,17). The first-order chi connectivity index (χ1) is 8.79. The van der Waals surface area contributed by atoms with E-state index in [0.717, 1.165) is 30.9 Å². The summed E-state index contributed by atoms with van der Waals surface area (Å²) in [6.07, 6.45) is 6.07. The summed E-state index contributed by atoms with van der Waals surface area (Å²) in [4.78, 5) is 4.28. The van der Waals surface area contributed by atoms with E-state index in [1.54, 1.807) is 18.3 Å². The van der Waals surface area contributed by atoms with Gasteiger partial charge in [0.1, 0.15) is 5.82 Å². The minimum atomic E-state index is -0.205. The zero-order chi connectivity index (χ0) is 12.8. The molecule has 0 spiro atoms. The summed E-state index contributed by atoms with van der Waals surface area (Å²) in [5.41, 5.74) is 1.04. The summed E-state index contributed by atoms with van der Waals surface area (Å²) in [7, 11) is 0. The van der Waals surface area contributed by atoms with Gasteiger partial charge in [-0.15, -0.1) is 0 Å². The second-order valence-electron chi connectivity index (χ2n) is 4.28. The number of benzene rings is 1. The minimum absolute atomic E-state index is 0.205. The third-order valence-electron chi connectivity index (χ3n) is 2.83. The van der Waals surface area contributed by atoms with E-state index in [1.165, 1.54) is 12.1 Å². The summed E-state index contributed by atoms with van der Waals surface area (Å²) in [5, 5.41) is 3.27. The average Bonchev–Trinajstić information content (AvgIpc) is 2.83. The predicted molar refractivity (Wildman–Crippen MR) is 70.9 cm³/mol. The van der Waals surface area contributed by atoms with Crippen LogP contribution in [0.15, 0.2) is 36.7 Å². The zero-order valence-corrected chi connectivity index (χ0v) is 10.6. The van der Waals surface area contributed by atoms with E-state index in [2.05, 4.69) is 21.8 Å². The van der Waals surface area contributed by atoms with Gasteiger partial charge in [0.05, 0.1) is 0 Å². The molecule has 3 nitrogen and oxygen atoms in total. The molecule has 4 heteroatoms. The highest BCUT2D eigenvalue weighted by atomic mass is 19.1. The number of rotatable bonds is 6. The number of nitrogens with one attached hydrogen (secondary N) is 1. The molecule has 1 N–H and O–H groups in total. The van der Waals surface area contributed by atoms with Gasteiger partial charge >= 0.3 is 0 Å². The maximum atomic E-state index is 12.8. The molecule has 0 amide bonds. The fourth-order valence-corrected chi connectivity index (χ4v) is 1.77. The molecule has 18 heavy (non-hydrogen) atoms. The fourth-order valence-electron chi connectivity index (χ4n) is 1.77. The Kier molecular flexibility index (Phi) is 4.34. The quantitative estimate of drug-likeness (QED) is 0.847. The average molecular weight is 247 g/mol. The third kappa shape index (κ3) is 3.32. The molecule has 0 atom stereocenters. The molecule has 1 aromatic heterocycles. The molecule has 0 aliphatic heterocycles. The number of aryl methyl sites for hydroxylation is 1. The predicted octanol–water partition coefficient (Wildman–Crippen LogP) is 3.43. The molecule has 1 aromatic carbocycles. The number of halogens is 1. The van der Waals surface area contributed by atoms with Crippen molar-refractivity contribution in [2.24, 2.45) is 0 Å². The molecule has 0 radical (unpaired) electrons. The number of nitrogens with zero attached hydrogens (tertiary/aromatic N) is 2. The first-order valence-electron chi connectivity index (χ1n) is 6.29. The van der Waals surface area contributed by atoms with Gasteiger partial charge in [0.2, 0.25) is 5.95 Å². The van der Waals surface area contributed by atoms with Crippen LogP contribution in [0.25, 0.3) is 0 Å². The van der Waals surface area contributed by atoms with Crippen LogP contribution in [0.2, 0.25) is 0 Å². The molecule has 0 aliphatic carbocycles. The van der Waals surface area contributed by atoms with Gasteiger partial charge in [-0.05, 0) is 24.1 Å². The number of aromatic nitrogens is 2. The van der Waals surface area contributed by atoms with Crippen LogP contribution in [0.5, 0.6) is 0 Å². The Morgan fingerprint density at radius 3 is 2.78 bits per heavy atom. The van der Waals surface area contributed by atoms with Gasteiger partial charge in [-0.3, -0.25) is 0 Å². The Bertz CT molecular complexity index is 476. The summed E-state index contributed by atoms with van der Waals surface area (Å²) in [6, 6.07) is 6.50. The summed E-state index contributed by atoms with van der Waals surface area (Å²) in [5.74, 6) is 0.663. The first kappa shape index (κ1) is 12.6. The normalized spacial score (nSPS) is 10.6. The lowest BCUT2D eigenvalue weighted by Crippen LogP contribution is -2.07. The van der Waals surface area contributed by atoms with Crippen LogP contribution in [0.1, 0.15) is 25.3 Å². The van der Waals surface area contributed by atoms with Crippen molar-refractivity contribution in [2.45, 2.75) is 32.9 Å². The van der Waals surface area contributed by atoms with Crippen LogP contribution < -0.4 is 5.32 Å². The number of imidazole rings is 1. The van der Waals surface area contributed by atoms with Gasteiger partial charge in [0, 0.05) is 25.5 Å². The summed E-state index contributed by atoms with van der Waals surface area (Å²) in [6.45, 7) is 3.80. The van der Waals surface area contributed by atoms with Crippen LogP contribution in [-0.4, -0.2) is 9.55 Å². The Labute approximate surface area is 107 Å². The summed E-state index contributed by atoms with van der Waals surface area (Å²) < 4.78 is 14.9. The SMILES string of the molecule is CCCCn1ccnc1NCc1ccc(F)cc1. The number of unbranched alkanes of at least 4 members (excludes halogenated alkanes) is 1. The van der Waals surface area contributed by atoms with Crippen LogP contribution in [0.3, 0.4) is 0 Å².